The van der Waals surface area contributed by atoms with Crippen molar-refractivity contribution in [2.45, 2.75) is 6.92 Å². The highest BCUT2D eigenvalue weighted by molar-refractivity contribution is 9.11. The Hall–Kier alpha value is -0.820. The molecule has 0 bridgehead atoms. The van der Waals surface area contributed by atoms with E-state index in [1.807, 2.05) is 6.07 Å². The summed E-state index contributed by atoms with van der Waals surface area (Å²) in [6.07, 6.45) is 0. The van der Waals surface area contributed by atoms with E-state index in [0.717, 1.165) is 0 Å². The summed E-state index contributed by atoms with van der Waals surface area (Å²) in [6, 6.07) is 1.97. The highest BCUT2D eigenvalue weighted by Crippen LogP contribution is 2.16. The Kier molecular flexibility index (Phi) is 1.54. The van der Waals surface area contributed by atoms with Crippen molar-refractivity contribution in [3.63, 3.8) is 0 Å². The quantitative estimate of drug-likeness (QED) is 0.521. The summed E-state index contributed by atoms with van der Waals surface area (Å²) in [7, 11) is 0. The van der Waals surface area contributed by atoms with Crippen molar-refractivity contribution in [2.75, 3.05) is 0 Å². The molecule has 0 N–H and O–H groups in total. The van der Waals surface area contributed by atoms with Gasteiger partial charge >= 0.3 is 0 Å². The molecule has 0 saturated heterocycles. The zero-order valence-corrected chi connectivity index (χ0v) is 6.31. The third kappa shape index (κ3) is 0.958. The average Bonchev–Trinajstić information content (AvgIpc) is 2.12. The van der Waals surface area contributed by atoms with Crippen molar-refractivity contribution in [3.8, 4) is 6.07 Å². The fraction of sp³-hybridized carbons (Fsp3) is 0.200. The molecule has 0 spiro atoms. The van der Waals surface area contributed by atoms with Gasteiger partial charge in [0.25, 0.3) is 0 Å². The first kappa shape index (κ1) is 6.30. The molecule has 0 fully saturated rings. The van der Waals surface area contributed by atoms with Crippen LogP contribution in [0.1, 0.15) is 6.92 Å². The first-order chi connectivity index (χ1) is 4.25. The van der Waals surface area contributed by atoms with Gasteiger partial charge in [0.15, 0.2) is 0 Å². The Morgan fingerprint density at radius 1 is 1.67 bits per heavy atom. The molecule has 3 nitrogen and oxygen atoms in total. The maximum absolute atomic E-state index is 8.43. The number of halogens is 1. The summed E-state index contributed by atoms with van der Waals surface area (Å²) < 4.78 is 0.530. The molecule has 0 aliphatic carbocycles. The molecule has 0 atom stereocenters. The molecule has 9 heavy (non-hydrogen) atoms. The smallest absolute Gasteiger partial charge is 0.148 e. The number of allylic oxidation sites excluding steroid dienone is 1. The molecule has 1 aliphatic rings. The van der Waals surface area contributed by atoms with Crippen LogP contribution < -0.4 is 5.43 Å². The van der Waals surface area contributed by atoms with Crippen LogP contribution in [0.2, 0.25) is 0 Å². The second-order valence-corrected chi connectivity index (χ2v) is 2.31. The molecule has 45 valence electrons. The number of nitriles is 1. The van der Waals surface area contributed by atoms with Gasteiger partial charge in [-0.05, 0) is 22.9 Å². The lowest BCUT2D eigenvalue weighted by Gasteiger charge is -1.82. The summed E-state index contributed by atoms with van der Waals surface area (Å²) in [4.78, 5) is 0. The average molecular weight is 185 g/mol. The minimum Gasteiger partial charge on any atom is -0.192 e. The van der Waals surface area contributed by atoms with Crippen molar-refractivity contribution in [1.29, 1.82) is 5.26 Å². The third-order valence-electron chi connectivity index (χ3n) is 0.968. The van der Waals surface area contributed by atoms with Crippen molar-refractivity contribution < 1.29 is 0 Å². The maximum Gasteiger partial charge on any atom is 0.148 e. The van der Waals surface area contributed by atoms with Gasteiger partial charge in [0.05, 0.1) is 5.71 Å². The van der Waals surface area contributed by atoms with Crippen LogP contribution in [0.5, 0.6) is 0 Å². The lowest BCUT2D eigenvalue weighted by Crippen LogP contribution is -1.88. The fourth-order valence-electron chi connectivity index (χ4n) is 0.495. The van der Waals surface area contributed by atoms with E-state index >= 15 is 0 Å². The van der Waals surface area contributed by atoms with E-state index in [0.29, 0.717) is 15.9 Å². The molecule has 0 unspecified atom stereocenters. The van der Waals surface area contributed by atoms with Crippen molar-refractivity contribution in [1.82, 2.24) is 5.43 Å². The van der Waals surface area contributed by atoms with Gasteiger partial charge in [0.2, 0.25) is 0 Å². The highest BCUT2D eigenvalue weighted by Gasteiger charge is 2.14. The molecule has 0 saturated carbocycles. The number of hydrogen-bond donors (Lipinski definition) is 0. The van der Waals surface area contributed by atoms with E-state index in [9.17, 15) is 0 Å². The Labute approximate surface area is 61.2 Å². The van der Waals surface area contributed by atoms with E-state index in [4.69, 9.17) is 5.26 Å². The zero-order valence-electron chi connectivity index (χ0n) is 4.72. The van der Waals surface area contributed by atoms with E-state index < -0.39 is 0 Å². The molecule has 0 amide bonds. The third-order valence-corrected chi connectivity index (χ3v) is 1.52. The zero-order chi connectivity index (χ0) is 6.85. The second kappa shape index (κ2) is 2.19. The second-order valence-electron chi connectivity index (χ2n) is 1.56. The van der Waals surface area contributed by atoms with Gasteiger partial charge in [-0.15, -0.1) is 5.43 Å². The summed E-state index contributed by atoms with van der Waals surface area (Å²) in [5, 5.41) is 12.1. The van der Waals surface area contributed by atoms with Gasteiger partial charge in [-0.25, -0.2) is 0 Å². The predicted molar refractivity (Wildman–Crippen MR) is 36.8 cm³/mol. The molecule has 1 heterocycles. The van der Waals surface area contributed by atoms with Crippen molar-refractivity contribution in [2.24, 2.45) is 5.10 Å². The monoisotopic (exact) mass is 184 g/mol. The Morgan fingerprint density at radius 3 is 2.56 bits per heavy atom. The largest absolute Gasteiger partial charge is 0.192 e. The Morgan fingerprint density at radius 2 is 2.33 bits per heavy atom. The summed E-state index contributed by atoms with van der Waals surface area (Å²) >= 11 is 3.08. The van der Waals surface area contributed by atoms with Crippen LogP contribution in [0.25, 0.3) is 0 Å². The van der Waals surface area contributed by atoms with E-state index in [1.54, 1.807) is 6.92 Å². The first-order valence-electron chi connectivity index (χ1n) is 2.31. The highest BCUT2D eigenvalue weighted by atomic mass is 79.9. The van der Waals surface area contributed by atoms with Crippen LogP contribution in [-0.4, -0.2) is 5.71 Å². The standard InChI is InChI=1S/C5H3BrN3/c1-3-4(2-7)5(6)9-8-3/h1H3. The van der Waals surface area contributed by atoms with E-state index in [1.165, 1.54) is 0 Å². The molecular weight excluding hydrogens is 182 g/mol. The van der Waals surface area contributed by atoms with Crippen LogP contribution in [0.15, 0.2) is 15.3 Å². The number of rotatable bonds is 0. The minimum atomic E-state index is 0.523. The molecule has 1 aliphatic heterocycles. The van der Waals surface area contributed by atoms with Gasteiger partial charge in [-0.2, -0.15) is 10.4 Å². The van der Waals surface area contributed by atoms with E-state index in [2.05, 4.69) is 26.5 Å². The van der Waals surface area contributed by atoms with Gasteiger partial charge in [0.1, 0.15) is 16.2 Å². The fourth-order valence-corrected chi connectivity index (χ4v) is 0.950. The van der Waals surface area contributed by atoms with Gasteiger partial charge in [-0.3, -0.25) is 0 Å². The van der Waals surface area contributed by atoms with Gasteiger partial charge < -0.3 is 0 Å². The molecule has 4 heteroatoms. The van der Waals surface area contributed by atoms with Crippen LogP contribution >= 0.6 is 15.9 Å². The summed E-state index contributed by atoms with van der Waals surface area (Å²) in [5.74, 6) is 0. The van der Waals surface area contributed by atoms with Crippen LogP contribution in [0, 0.1) is 11.3 Å². The number of nitrogens with zero attached hydrogens (tertiary/aromatic N) is 3. The number of hydrogen-bond acceptors (Lipinski definition) is 2. The molecule has 1 radical (unpaired) electrons. The van der Waals surface area contributed by atoms with Gasteiger partial charge in [-0.1, -0.05) is 0 Å². The predicted octanol–water partition coefficient (Wildman–Crippen LogP) is 1.11. The molecular formula is C5H3BrN3. The lowest BCUT2D eigenvalue weighted by molar-refractivity contribution is 0.957. The Balaban J connectivity index is 3.01. The topological polar surface area (TPSA) is 50.2 Å². The summed E-state index contributed by atoms with van der Waals surface area (Å²) in [5.41, 5.74) is 4.83. The Bertz CT molecular complexity index is 233. The molecule has 1 rings (SSSR count). The van der Waals surface area contributed by atoms with Crippen molar-refractivity contribution >= 4 is 21.6 Å². The minimum absolute atomic E-state index is 0.523. The molecule has 0 aromatic carbocycles. The normalized spacial score (nSPS) is 16.8. The van der Waals surface area contributed by atoms with Crippen LogP contribution in [0.3, 0.4) is 0 Å². The molecule has 0 aromatic rings. The van der Waals surface area contributed by atoms with Crippen LogP contribution in [-0.2, 0) is 0 Å². The molecule has 0 aromatic heterocycles. The maximum atomic E-state index is 8.43. The SMILES string of the molecule is CC1=N[N]C(Br)=C1C#N. The van der Waals surface area contributed by atoms with Gasteiger partial charge in [0, 0.05) is 0 Å². The van der Waals surface area contributed by atoms with Crippen molar-refractivity contribution in [3.05, 3.63) is 10.2 Å². The van der Waals surface area contributed by atoms with E-state index in [-0.39, 0.29) is 0 Å². The lowest BCUT2D eigenvalue weighted by atomic mass is 10.2. The summed E-state index contributed by atoms with van der Waals surface area (Å²) in [6.45, 7) is 1.75. The van der Waals surface area contributed by atoms with Crippen LogP contribution in [0.4, 0.5) is 0 Å². The first-order valence-corrected chi connectivity index (χ1v) is 3.10.